The van der Waals surface area contributed by atoms with Crippen LogP contribution in [0.15, 0.2) is 36.0 Å². The van der Waals surface area contributed by atoms with E-state index >= 15 is 0 Å². The number of carbonyl (C=O) groups is 1. The normalized spacial score (nSPS) is 18.3. The van der Waals surface area contributed by atoms with Crippen molar-refractivity contribution in [3.05, 3.63) is 47.1 Å². The molecule has 0 bridgehead atoms. The van der Waals surface area contributed by atoms with Crippen molar-refractivity contribution in [2.75, 3.05) is 25.5 Å². The minimum atomic E-state index is -0.148. The molecule has 1 aromatic carbocycles. The van der Waals surface area contributed by atoms with Gasteiger partial charge < -0.3 is 15.4 Å². The predicted octanol–water partition coefficient (Wildman–Crippen LogP) is 3.22. The summed E-state index contributed by atoms with van der Waals surface area (Å²) in [5, 5.41) is 13.1. The first-order valence-corrected chi connectivity index (χ1v) is 10.0. The Morgan fingerprint density at radius 1 is 1.38 bits per heavy atom. The van der Waals surface area contributed by atoms with Crippen molar-refractivity contribution < 1.29 is 9.53 Å². The Hall–Kier alpha value is -2.42. The third kappa shape index (κ3) is 4.44. The standard InChI is InChI=1S/C20H23N5O2S.ClH/c1-12-4-5-18(27-3)14(6-12)17-11-28-20(23-17)24-19(26)16-9-21-8-15(16)13-7-22-25(2)10-13;/h4-7,10-11,15-16,21H,8-9H2,1-3H3,(H,23,24,26);1H/t15-,16+;/m1./s1. The average Bonchev–Trinajstić information content (AvgIpc) is 3.41. The summed E-state index contributed by atoms with van der Waals surface area (Å²) in [6.07, 6.45) is 3.81. The van der Waals surface area contributed by atoms with E-state index in [0.29, 0.717) is 11.7 Å². The third-order valence-corrected chi connectivity index (χ3v) is 5.83. The van der Waals surface area contributed by atoms with Crippen molar-refractivity contribution >= 4 is 34.8 Å². The number of nitrogens with zero attached hydrogens (tertiary/aromatic N) is 3. The number of ether oxygens (including phenoxy) is 1. The van der Waals surface area contributed by atoms with Gasteiger partial charge in [0.25, 0.3) is 0 Å². The number of nitrogens with one attached hydrogen (secondary N) is 2. The van der Waals surface area contributed by atoms with E-state index in [1.54, 1.807) is 11.8 Å². The highest BCUT2D eigenvalue weighted by atomic mass is 35.5. The predicted molar refractivity (Wildman–Crippen MR) is 117 cm³/mol. The van der Waals surface area contributed by atoms with Crippen LogP contribution in [0.2, 0.25) is 0 Å². The van der Waals surface area contributed by atoms with Crippen LogP contribution in [-0.4, -0.2) is 40.9 Å². The van der Waals surface area contributed by atoms with Gasteiger partial charge >= 0.3 is 0 Å². The monoisotopic (exact) mass is 433 g/mol. The van der Waals surface area contributed by atoms with Crippen LogP contribution in [0.1, 0.15) is 17.0 Å². The van der Waals surface area contributed by atoms with E-state index in [2.05, 4.69) is 20.7 Å². The minimum Gasteiger partial charge on any atom is -0.496 e. The van der Waals surface area contributed by atoms with E-state index in [1.807, 2.05) is 49.9 Å². The average molecular weight is 434 g/mol. The summed E-state index contributed by atoms with van der Waals surface area (Å²) < 4.78 is 7.22. The Morgan fingerprint density at radius 2 is 2.21 bits per heavy atom. The highest BCUT2D eigenvalue weighted by Crippen LogP contribution is 2.34. The molecular weight excluding hydrogens is 410 g/mol. The fourth-order valence-corrected chi connectivity index (χ4v) is 4.32. The summed E-state index contributed by atoms with van der Waals surface area (Å²) in [6.45, 7) is 3.45. The first-order valence-electron chi connectivity index (χ1n) is 9.16. The first-order chi connectivity index (χ1) is 13.5. The van der Waals surface area contributed by atoms with E-state index < -0.39 is 0 Å². The maximum atomic E-state index is 12.9. The molecule has 3 heterocycles. The van der Waals surface area contributed by atoms with Crippen LogP contribution in [0.5, 0.6) is 5.75 Å². The van der Waals surface area contributed by atoms with E-state index in [0.717, 1.165) is 34.7 Å². The Bertz CT molecular complexity index is 1000. The van der Waals surface area contributed by atoms with Crippen LogP contribution in [0, 0.1) is 12.8 Å². The number of hydrogen-bond donors (Lipinski definition) is 2. The van der Waals surface area contributed by atoms with Crippen LogP contribution in [0.3, 0.4) is 0 Å². The largest absolute Gasteiger partial charge is 0.496 e. The lowest BCUT2D eigenvalue weighted by atomic mass is 9.90. The van der Waals surface area contributed by atoms with Crippen molar-refractivity contribution in [1.29, 1.82) is 0 Å². The number of aryl methyl sites for hydroxylation is 2. The lowest BCUT2D eigenvalue weighted by Gasteiger charge is -2.16. The highest BCUT2D eigenvalue weighted by Gasteiger charge is 2.35. The number of benzene rings is 1. The molecule has 154 valence electrons. The number of rotatable bonds is 5. The zero-order valence-corrected chi connectivity index (χ0v) is 18.1. The van der Waals surface area contributed by atoms with Gasteiger partial charge in [0.2, 0.25) is 5.91 Å². The molecule has 0 unspecified atom stereocenters. The fraction of sp³-hybridized carbons (Fsp3) is 0.350. The van der Waals surface area contributed by atoms with Gasteiger partial charge in [-0.05, 0) is 24.6 Å². The summed E-state index contributed by atoms with van der Waals surface area (Å²) in [6, 6.07) is 5.98. The third-order valence-electron chi connectivity index (χ3n) is 5.07. The van der Waals surface area contributed by atoms with Gasteiger partial charge in [-0.15, -0.1) is 23.7 Å². The zero-order chi connectivity index (χ0) is 19.7. The molecule has 0 saturated carbocycles. The van der Waals surface area contributed by atoms with Gasteiger partial charge in [0.05, 0.1) is 24.9 Å². The van der Waals surface area contributed by atoms with Gasteiger partial charge in [-0.2, -0.15) is 5.10 Å². The second kappa shape index (κ2) is 8.94. The number of thiazole rings is 1. The molecule has 1 fully saturated rings. The Labute approximate surface area is 179 Å². The lowest BCUT2D eigenvalue weighted by molar-refractivity contribution is -0.119. The number of carbonyl (C=O) groups excluding carboxylic acids is 1. The second-order valence-electron chi connectivity index (χ2n) is 7.05. The maximum Gasteiger partial charge on any atom is 0.231 e. The molecule has 0 radical (unpaired) electrons. The number of halogens is 1. The van der Waals surface area contributed by atoms with Gasteiger partial charge in [0, 0.05) is 43.2 Å². The van der Waals surface area contributed by atoms with Crippen LogP contribution in [0.25, 0.3) is 11.3 Å². The highest BCUT2D eigenvalue weighted by molar-refractivity contribution is 7.14. The summed E-state index contributed by atoms with van der Waals surface area (Å²) in [4.78, 5) is 17.5. The van der Waals surface area contributed by atoms with Crippen LogP contribution in [0.4, 0.5) is 5.13 Å². The lowest BCUT2D eigenvalue weighted by Crippen LogP contribution is -2.28. The molecule has 1 amide bonds. The molecule has 9 heteroatoms. The number of hydrogen-bond acceptors (Lipinski definition) is 6. The minimum absolute atomic E-state index is 0. The van der Waals surface area contributed by atoms with Gasteiger partial charge in [-0.1, -0.05) is 11.6 Å². The Balaban J connectivity index is 0.00000240. The molecule has 0 spiro atoms. The van der Waals surface area contributed by atoms with Crippen molar-refractivity contribution in [3.8, 4) is 17.0 Å². The summed E-state index contributed by atoms with van der Waals surface area (Å²) in [5.41, 5.74) is 3.94. The maximum absolute atomic E-state index is 12.9. The van der Waals surface area contributed by atoms with E-state index in [-0.39, 0.29) is 30.2 Å². The Morgan fingerprint density at radius 3 is 2.93 bits per heavy atom. The van der Waals surface area contributed by atoms with Crippen molar-refractivity contribution in [3.63, 3.8) is 0 Å². The van der Waals surface area contributed by atoms with Crippen LogP contribution >= 0.6 is 23.7 Å². The molecule has 1 saturated heterocycles. The smallest absolute Gasteiger partial charge is 0.231 e. The first kappa shape index (κ1) is 21.3. The van der Waals surface area contributed by atoms with Gasteiger partial charge in [0.1, 0.15) is 5.75 Å². The number of amides is 1. The van der Waals surface area contributed by atoms with Gasteiger partial charge in [0.15, 0.2) is 5.13 Å². The molecule has 1 aliphatic rings. The van der Waals surface area contributed by atoms with E-state index in [4.69, 9.17) is 4.74 Å². The molecule has 2 N–H and O–H groups in total. The summed E-state index contributed by atoms with van der Waals surface area (Å²) in [7, 11) is 3.53. The second-order valence-corrected chi connectivity index (χ2v) is 7.91. The number of anilines is 1. The Kier molecular flexibility index (Phi) is 6.56. The van der Waals surface area contributed by atoms with Crippen LogP contribution in [-0.2, 0) is 11.8 Å². The van der Waals surface area contributed by atoms with Crippen molar-refractivity contribution in [2.24, 2.45) is 13.0 Å². The molecule has 0 aliphatic carbocycles. The number of methoxy groups -OCH3 is 1. The zero-order valence-electron chi connectivity index (χ0n) is 16.5. The van der Waals surface area contributed by atoms with E-state index in [1.165, 1.54) is 11.3 Å². The SMILES string of the molecule is COc1ccc(C)cc1-c1csc(NC(=O)[C@H]2CNC[C@@H]2c2cnn(C)c2)n1.Cl. The topological polar surface area (TPSA) is 81.1 Å². The van der Waals surface area contributed by atoms with Crippen molar-refractivity contribution in [2.45, 2.75) is 12.8 Å². The van der Waals surface area contributed by atoms with E-state index in [9.17, 15) is 4.79 Å². The molecule has 3 aromatic rings. The molecule has 1 aliphatic heterocycles. The molecule has 4 rings (SSSR count). The molecule has 2 atom stereocenters. The van der Waals surface area contributed by atoms with Crippen LogP contribution < -0.4 is 15.4 Å². The van der Waals surface area contributed by atoms with Gasteiger partial charge in [-0.25, -0.2) is 4.98 Å². The van der Waals surface area contributed by atoms with Crippen molar-refractivity contribution in [1.82, 2.24) is 20.1 Å². The van der Waals surface area contributed by atoms with Gasteiger partial charge in [-0.3, -0.25) is 9.48 Å². The quantitative estimate of drug-likeness (QED) is 0.645. The summed E-state index contributed by atoms with van der Waals surface area (Å²) in [5.74, 6) is 0.719. The molecule has 7 nitrogen and oxygen atoms in total. The molecule has 2 aromatic heterocycles. The summed E-state index contributed by atoms with van der Waals surface area (Å²) >= 11 is 1.42. The molecule has 29 heavy (non-hydrogen) atoms. The fourth-order valence-electron chi connectivity index (χ4n) is 3.61. The molecular formula is C20H24ClN5O2S. The number of aromatic nitrogens is 3.